The van der Waals surface area contributed by atoms with Gasteiger partial charge in [-0.3, -0.25) is 4.79 Å². The van der Waals surface area contributed by atoms with Crippen molar-refractivity contribution in [2.24, 2.45) is 0 Å². The van der Waals surface area contributed by atoms with E-state index in [0.29, 0.717) is 38.5 Å². The number of fused-ring (bicyclic) bond motifs is 1. The van der Waals surface area contributed by atoms with Crippen molar-refractivity contribution in [1.82, 2.24) is 19.6 Å². The van der Waals surface area contributed by atoms with Crippen molar-refractivity contribution in [2.45, 2.75) is 82.3 Å². The molecule has 0 aliphatic carbocycles. The molecule has 3 fully saturated rings. The predicted molar refractivity (Wildman–Crippen MR) is 171 cm³/mol. The van der Waals surface area contributed by atoms with Gasteiger partial charge in [0.15, 0.2) is 6.10 Å². The number of hydrogen-bond donors (Lipinski definition) is 2. The van der Waals surface area contributed by atoms with E-state index >= 15 is 0 Å². The van der Waals surface area contributed by atoms with Crippen molar-refractivity contribution in [2.75, 3.05) is 44.6 Å². The Bertz CT molecular complexity index is 1470. The number of phenols is 1. The highest BCUT2D eigenvalue weighted by Gasteiger charge is 2.39. The number of urea groups is 1. The van der Waals surface area contributed by atoms with E-state index in [2.05, 4.69) is 10.2 Å². The summed E-state index contributed by atoms with van der Waals surface area (Å²) < 4.78 is 46.8. The van der Waals surface area contributed by atoms with Gasteiger partial charge in [0.25, 0.3) is 5.91 Å². The number of rotatable bonds is 6. The molecule has 3 saturated heterocycles. The number of halogens is 4. The molecule has 15 heteroatoms. The third kappa shape index (κ3) is 7.59. The molecule has 47 heavy (non-hydrogen) atoms. The van der Waals surface area contributed by atoms with E-state index in [0.717, 1.165) is 61.5 Å². The summed E-state index contributed by atoms with van der Waals surface area (Å²) >= 11 is 7.54. The quantitative estimate of drug-likeness (QED) is 0.375. The van der Waals surface area contributed by atoms with E-state index in [1.165, 1.54) is 11.3 Å². The van der Waals surface area contributed by atoms with Crippen molar-refractivity contribution in [3.63, 3.8) is 0 Å². The third-order valence-electron chi connectivity index (χ3n) is 9.78. The topological polar surface area (TPSA) is 106 Å². The van der Waals surface area contributed by atoms with Gasteiger partial charge >= 0.3 is 18.3 Å². The number of hydrogen-bond acceptors (Lipinski definition) is 7. The van der Waals surface area contributed by atoms with Crippen LogP contribution in [0.2, 0.25) is 5.02 Å². The molecule has 4 amide bonds. The van der Waals surface area contributed by atoms with Crippen molar-refractivity contribution in [3.8, 4) is 5.75 Å². The molecule has 4 aliphatic rings. The summed E-state index contributed by atoms with van der Waals surface area (Å²) in [5.41, 5.74) is -0.489. The smallest absolute Gasteiger partial charge is 0.420 e. The van der Waals surface area contributed by atoms with Crippen LogP contribution in [0.1, 0.15) is 60.9 Å². The van der Waals surface area contributed by atoms with E-state index in [1.54, 1.807) is 21.1 Å². The number of thiophene rings is 1. The average Bonchev–Trinajstić information content (AvgIpc) is 3.52. The van der Waals surface area contributed by atoms with Crippen molar-refractivity contribution in [3.05, 3.63) is 44.6 Å². The zero-order valence-corrected chi connectivity index (χ0v) is 27.5. The number of ether oxygens (including phenoxy) is 1. The molecular formula is C32H39ClF3N5O5S. The van der Waals surface area contributed by atoms with E-state index in [1.807, 2.05) is 11.4 Å². The first kappa shape index (κ1) is 33.7. The van der Waals surface area contributed by atoms with Gasteiger partial charge in [-0.25, -0.2) is 9.59 Å². The lowest BCUT2D eigenvalue weighted by molar-refractivity contribution is -0.142. The Kier molecular flexibility index (Phi) is 10.1. The van der Waals surface area contributed by atoms with Gasteiger partial charge in [0, 0.05) is 49.6 Å². The summed E-state index contributed by atoms with van der Waals surface area (Å²) in [6.07, 6.45) is -1.27. The SMILES string of the molecule is O=C(O[C@H](Cc1cc(Cl)c(O)c(C(F)(F)F)c1)C(=O)N1CCC(N2CCCCC2)CC1)N1CCC(N2Cc3sccc3NC2=O)CC1. The standard InChI is InChI=1S/C32H39ClF3N5O5S/c33-24-17-20(16-23(28(24)42)32(34,35)36)18-26(29(43)39-11-4-21(5-12-39)38-9-2-1-3-10-38)46-31(45)40-13-6-22(7-14-40)41-19-27-25(8-15-47-27)37-30(41)44/h8,15-17,21-22,26,42H,1-7,9-14,18-19H2,(H,37,44)/t26-/m1/s1. The van der Waals surface area contributed by atoms with Gasteiger partial charge in [-0.1, -0.05) is 18.0 Å². The summed E-state index contributed by atoms with van der Waals surface area (Å²) in [5, 5.41) is 14.3. The highest BCUT2D eigenvalue weighted by molar-refractivity contribution is 7.10. The first-order valence-electron chi connectivity index (χ1n) is 16.2. The Morgan fingerprint density at radius 1 is 1.00 bits per heavy atom. The van der Waals surface area contributed by atoms with Crippen LogP contribution in [0.4, 0.5) is 28.4 Å². The molecule has 4 aliphatic heterocycles. The van der Waals surface area contributed by atoms with Crippen LogP contribution in [0.15, 0.2) is 23.6 Å². The number of likely N-dealkylation sites (tertiary alicyclic amines) is 3. The number of benzene rings is 1. The van der Waals surface area contributed by atoms with Crippen molar-refractivity contribution < 1.29 is 37.4 Å². The summed E-state index contributed by atoms with van der Waals surface area (Å²) in [4.78, 5) is 48.5. The van der Waals surface area contributed by atoms with E-state index in [-0.39, 0.29) is 37.1 Å². The number of alkyl halides is 3. The number of carbonyl (C=O) groups excluding carboxylic acids is 3. The van der Waals surface area contributed by atoms with Crippen LogP contribution < -0.4 is 5.32 Å². The highest BCUT2D eigenvalue weighted by Crippen LogP contribution is 2.41. The lowest BCUT2D eigenvalue weighted by atomic mass is 9.98. The fourth-order valence-electron chi connectivity index (χ4n) is 7.16. The molecule has 0 spiro atoms. The van der Waals surface area contributed by atoms with Gasteiger partial charge < -0.3 is 34.8 Å². The highest BCUT2D eigenvalue weighted by atomic mass is 35.5. The van der Waals surface area contributed by atoms with Crippen LogP contribution in [-0.4, -0.2) is 100 Å². The zero-order chi connectivity index (χ0) is 33.3. The van der Waals surface area contributed by atoms with E-state index in [9.17, 15) is 32.7 Å². The van der Waals surface area contributed by atoms with Crippen LogP contribution in [0.3, 0.4) is 0 Å². The van der Waals surface area contributed by atoms with Gasteiger partial charge in [0.1, 0.15) is 5.75 Å². The maximum atomic E-state index is 13.9. The fourth-order valence-corrected chi connectivity index (χ4v) is 8.23. The van der Waals surface area contributed by atoms with Gasteiger partial charge in [-0.05, 0) is 80.8 Å². The number of piperidine rings is 3. The normalized spacial score (nSPS) is 20.9. The zero-order valence-electron chi connectivity index (χ0n) is 25.9. The molecule has 0 radical (unpaired) electrons. The molecule has 0 unspecified atom stereocenters. The lowest BCUT2D eigenvalue weighted by Crippen LogP contribution is -2.53. The molecule has 0 saturated carbocycles. The number of amides is 4. The maximum absolute atomic E-state index is 13.9. The minimum absolute atomic E-state index is 0.0113. The van der Waals surface area contributed by atoms with E-state index in [4.69, 9.17) is 16.3 Å². The molecule has 2 aromatic rings. The summed E-state index contributed by atoms with van der Waals surface area (Å²) in [7, 11) is 0. The molecule has 5 heterocycles. The van der Waals surface area contributed by atoms with Crippen molar-refractivity contribution in [1.29, 1.82) is 0 Å². The molecule has 1 aromatic carbocycles. The number of aromatic hydroxyl groups is 1. The van der Waals surface area contributed by atoms with Crippen LogP contribution >= 0.6 is 22.9 Å². The Hall–Kier alpha value is -3.23. The van der Waals surface area contributed by atoms with E-state index < -0.39 is 40.6 Å². The second-order valence-electron chi connectivity index (χ2n) is 12.7. The number of phenolic OH excluding ortho intramolecular Hbond substituents is 1. The van der Waals surface area contributed by atoms with Crippen LogP contribution in [0.5, 0.6) is 5.75 Å². The third-order valence-corrected chi connectivity index (χ3v) is 11.0. The number of nitrogens with one attached hydrogen (secondary N) is 1. The van der Waals surface area contributed by atoms with Crippen LogP contribution in [-0.2, 0) is 28.7 Å². The molecule has 6 rings (SSSR count). The Balaban J connectivity index is 1.13. The summed E-state index contributed by atoms with van der Waals surface area (Å²) in [5.74, 6) is -1.57. The number of carbonyl (C=O) groups is 3. The monoisotopic (exact) mass is 697 g/mol. The van der Waals surface area contributed by atoms with Crippen molar-refractivity contribution >= 4 is 46.7 Å². The minimum Gasteiger partial charge on any atom is -0.506 e. The number of anilines is 1. The molecule has 1 atom stereocenters. The second-order valence-corrected chi connectivity index (χ2v) is 14.1. The van der Waals surface area contributed by atoms with Crippen LogP contribution in [0, 0.1) is 0 Å². The first-order valence-corrected chi connectivity index (χ1v) is 17.4. The van der Waals surface area contributed by atoms with Gasteiger partial charge in [0.05, 0.1) is 22.8 Å². The maximum Gasteiger partial charge on any atom is 0.420 e. The minimum atomic E-state index is -4.88. The largest absolute Gasteiger partial charge is 0.506 e. The molecular weight excluding hydrogens is 659 g/mol. The average molecular weight is 698 g/mol. The van der Waals surface area contributed by atoms with Crippen LogP contribution in [0.25, 0.3) is 0 Å². The predicted octanol–water partition coefficient (Wildman–Crippen LogP) is 6.16. The Morgan fingerprint density at radius 3 is 2.34 bits per heavy atom. The van der Waals surface area contributed by atoms with Gasteiger partial charge in [-0.15, -0.1) is 11.3 Å². The number of nitrogens with zero attached hydrogens (tertiary/aromatic N) is 4. The molecule has 256 valence electrons. The summed E-state index contributed by atoms with van der Waals surface area (Å²) in [6, 6.07) is 3.87. The fraction of sp³-hybridized carbons (Fsp3) is 0.594. The molecule has 2 N–H and O–H groups in total. The van der Waals surface area contributed by atoms with Gasteiger partial charge in [0.2, 0.25) is 0 Å². The molecule has 10 nitrogen and oxygen atoms in total. The van der Waals surface area contributed by atoms with Gasteiger partial charge in [-0.2, -0.15) is 13.2 Å². The Morgan fingerprint density at radius 2 is 1.66 bits per heavy atom. The Labute approximate surface area is 280 Å². The first-order chi connectivity index (χ1) is 22.5. The lowest BCUT2D eigenvalue weighted by Gasteiger charge is -2.41. The summed E-state index contributed by atoms with van der Waals surface area (Å²) in [6.45, 7) is 4.05. The molecule has 0 bridgehead atoms. The second kappa shape index (κ2) is 14.1. The molecule has 1 aromatic heterocycles.